The molecule has 0 aromatic carbocycles. The van der Waals surface area contributed by atoms with Crippen LogP contribution in [-0.4, -0.2) is 22.4 Å². The normalized spacial score (nSPS) is 21.5. The van der Waals surface area contributed by atoms with Crippen molar-refractivity contribution in [1.82, 2.24) is 15.1 Å². The van der Waals surface area contributed by atoms with Gasteiger partial charge in [0.2, 0.25) is 0 Å². The van der Waals surface area contributed by atoms with E-state index in [4.69, 9.17) is 0 Å². The van der Waals surface area contributed by atoms with Gasteiger partial charge in [-0.15, -0.1) is 0 Å². The van der Waals surface area contributed by atoms with Gasteiger partial charge in [-0.1, -0.05) is 12.8 Å². The lowest BCUT2D eigenvalue weighted by molar-refractivity contribution is 0.477. The Bertz CT molecular complexity index is 360. The average Bonchev–Trinajstić information content (AvgIpc) is 2.53. The number of aromatic nitrogens is 2. The zero-order valence-corrected chi connectivity index (χ0v) is 11.4. The quantitative estimate of drug-likeness (QED) is 0.872. The lowest BCUT2D eigenvalue weighted by atomic mass is 10.0. The summed E-state index contributed by atoms with van der Waals surface area (Å²) >= 11 is 0. The molecule has 1 fully saturated rings. The Labute approximate surface area is 105 Å². The predicted octanol–water partition coefficient (Wildman–Crippen LogP) is 2.50. The lowest BCUT2D eigenvalue weighted by Gasteiger charge is -2.15. The number of rotatable bonds is 3. The van der Waals surface area contributed by atoms with Crippen LogP contribution in [0.5, 0.6) is 0 Å². The fourth-order valence-electron chi connectivity index (χ4n) is 2.85. The van der Waals surface area contributed by atoms with Gasteiger partial charge in [0.05, 0.1) is 5.69 Å². The first-order chi connectivity index (χ1) is 8.18. The molecule has 0 bridgehead atoms. The zero-order chi connectivity index (χ0) is 12.3. The Balaban J connectivity index is 1.92. The van der Waals surface area contributed by atoms with Crippen LogP contribution in [0.2, 0.25) is 0 Å². The van der Waals surface area contributed by atoms with Gasteiger partial charge >= 0.3 is 0 Å². The Morgan fingerprint density at radius 3 is 2.82 bits per heavy atom. The van der Waals surface area contributed by atoms with Crippen LogP contribution in [0.1, 0.15) is 49.1 Å². The molecule has 1 atom stereocenters. The summed E-state index contributed by atoms with van der Waals surface area (Å²) in [5, 5.41) is 8.16. The molecule has 0 spiro atoms. The van der Waals surface area contributed by atoms with Crippen molar-refractivity contribution in [3.63, 3.8) is 0 Å². The molecule has 0 amide bonds. The standard InChI is InChI=1S/C14H25N3/c1-11-14(12(2)17(3)16-11)9-8-13-7-5-4-6-10-15-13/h13,15H,4-10H2,1-3H3. The molecule has 1 N–H and O–H groups in total. The van der Waals surface area contributed by atoms with Crippen LogP contribution in [0, 0.1) is 13.8 Å². The Kier molecular flexibility index (Phi) is 4.21. The third kappa shape index (κ3) is 3.09. The van der Waals surface area contributed by atoms with Crippen molar-refractivity contribution in [2.24, 2.45) is 7.05 Å². The third-order valence-corrected chi connectivity index (χ3v) is 4.06. The van der Waals surface area contributed by atoms with Crippen molar-refractivity contribution in [3.05, 3.63) is 17.0 Å². The summed E-state index contributed by atoms with van der Waals surface area (Å²) in [4.78, 5) is 0. The average molecular weight is 235 g/mol. The van der Waals surface area contributed by atoms with E-state index in [1.54, 1.807) is 0 Å². The fraction of sp³-hybridized carbons (Fsp3) is 0.786. The van der Waals surface area contributed by atoms with Crippen LogP contribution >= 0.6 is 0 Å². The number of nitrogens with one attached hydrogen (secondary N) is 1. The van der Waals surface area contributed by atoms with Gasteiger partial charge in [0.1, 0.15) is 0 Å². The van der Waals surface area contributed by atoms with Gasteiger partial charge < -0.3 is 5.32 Å². The van der Waals surface area contributed by atoms with E-state index in [9.17, 15) is 0 Å². The minimum Gasteiger partial charge on any atom is -0.314 e. The molecule has 2 heterocycles. The predicted molar refractivity (Wildman–Crippen MR) is 71.3 cm³/mol. The van der Waals surface area contributed by atoms with Crippen molar-refractivity contribution in [3.8, 4) is 0 Å². The minimum atomic E-state index is 0.719. The molecule has 1 unspecified atom stereocenters. The van der Waals surface area contributed by atoms with Crippen molar-refractivity contribution in [1.29, 1.82) is 0 Å². The summed E-state index contributed by atoms with van der Waals surface area (Å²) in [7, 11) is 2.04. The molecule has 1 saturated heterocycles. The van der Waals surface area contributed by atoms with Crippen LogP contribution in [0.25, 0.3) is 0 Å². The van der Waals surface area contributed by atoms with E-state index in [0.717, 1.165) is 6.04 Å². The van der Waals surface area contributed by atoms with E-state index in [0.29, 0.717) is 0 Å². The van der Waals surface area contributed by atoms with Crippen molar-refractivity contribution in [2.45, 2.75) is 58.4 Å². The molecular formula is C14H25N3. The molecule has 1 aliphatic rings. The van der Waals surface area contributed by atoms with E-state index < -0.39 is 0 Å². The van der Waals surface area contributed by atoms with Crippen LogP contribution in [0.4, 0.5) is 0 Å². The van der Waals surface area contributed by atoms with Gasteiger partial charge in [-0.25, -0.2) is 0 Å². The maximum atomic E-state index is 4.49. The van der Waals surface area contributed by atoms with Crippen LogP contribution in [0.3, 0.4) is 0 Å². The molecule has 1 aromatic rings. The fourth-order valence-corrected chi connectivity index (χ4v) is 2.85. The zero-order valence-electron chi connectivity index (χ0n) is 11.4. The Hall–Kier alpha value is -0.830. The topological polar surface area (TPSA) is 29.9 Å². The highest BCUT2D eigenvalue weighted by atomic mass is 15.3. The molecule has 0 aliphatic carbocycles. The first-order valence-corrected chi connectivity index (χ1v) is 6.91. The molecule has 2 rings (SSSR count). The Morgan fingerprint density at radius 1 is 1.29 bits per heavy atom. The van der Waals surface area contributed by atoms with Gasteiger partial charge in [0.25, 0.3) is 0 Å². The monoisotopic (exact) mass is 235 g/mol. The van der Waals surface area contributed by atoms with Crippen LogP contribution in [0.15, 0.2) is 0 Å². The molecule has 3 heteroatoms. The lowest BCUT2D eigenvalue weighted by Crippen LogP contribution is -2.28. The van der Waals surface area contributed by atoms with Crippen LogP contribution in [-0.2, 0) is 13.5 Å². The van der Waals surface area contributed by atoms with Crippen molar-refractivity contribution in [2.75, 3.05) is 6.54 Å². The number of hydrogen-bond donors (Lipinski definition) is 1. The molecule has 0 radical (unpaired) electrons. The van der Waals surface area contributed by atoms with Crippen molar-refractivity contribution < 1.29 is 0 Å². The third-order valence-electron chi connectivity index (χ3n) is 4.06. The second kappa shape index (κ2) is 5.67. The van der Waals surface area contributed by atoms with E-state index in [1.165, 1.54) is 62.0 Å². The summed E-state index contributed by atoms with van der Waals surface area (Å²) < 4.78 is 2.01. The molecule has 96 valence electrons. The van der Waals surface area contributed by atoms with Crippen LogP contribution < -0.4 is 5.32 Å². The minimum absolute atomic E-state index is 0.719. The Morgan fingerprint density at radius 2 is 2.12 bits per heavy atom. The smallest absolute Gasteiger partial charge is 0.0628 e. The van der Waals surface area contributed by atoms with Gasteiger partial charge in [-0.05, 0) is 51.6 Å². The summed E-state index contributed by atoms with van der Waals surface area (Å²) in [6, 6.07) is 0.719. The molecule has 0 saturated carbocycles. The maximum absolute atomic E-state index is 4.49. The molecule has 3 nitrogen and oxygen atoms in total. The second-order valence-electron chi connectivity index (χ2n) is 5.31. The first-order valence-electron chi connectivity index (χ1n) is 6.91. The molecule has 1 aliphatic heterocycles. The molecular weight excluding hydrogens is 210 g/mol. The van der Waals surface area contributed by atoms with Gasteiger partial charge in [-0.2, -0.15) is 5.10 Å². The van der Waals surface area contributed by atoms with E-state index in [-0.39, 0.29) is 0 Å². The highest BCUT2D eigenvalue weighted by molar-refractivity contribution is 5.24. The SMILES string of the molecule is Cc1nn(C)c(C)c1CCC1CCCCCN1. The summed E-state index contributed by atoms with van der Waals surface area (Å²) in [6.07, 6.45) is 7.91. The van der Waals surface area contributed by atoms with Gasteiger partial charge in [-0.3, -0.25) is 4.68 Å². The van der Waals surface area contributed by atoms with Gasteiger partial charge in [0.15, 0.2) is 0 Å². The summed E-state index contributed by atoms with van der Waals surface area (Å²) in [5.41, 5.74) is 3.99. The summed E-state index contributed by atoms with van der Waals surface area (Å²) in [5.74, 6) is 0. The largest absolute Gasteiger partial charge is 0.314 e. The summed E-state index contributed by atoms with van der Waals surface area (Å²) in [6.45, 7) is 5.51. The number of nitrogens with zero attached hydrogens (tertiary/aromatic N) is 2. The van der Waals surface area contributed by atoms with E-state index >= 15 is 0 Å². The highest BCUT2D eigenvalue weighted by Crippen LogP contribution is 2.18. The highest BCUT2D eigenvalue weighted by Gasteiger charge is 2.14. The van der Waals surface area contributed by atoms with E-state index in [2.05, 4.69) is 24.3 Å². The first kappa shape index (κ1) is 12.6. The molecule has 1 aromatic heterocycles. The molecule has 17 heavy (non-hydrogen) atoms. The second-order valence-corrected chi connectivity index (χ2v) is 5.31. The number of aryl methyl sites for hydroxylation is 2. The number of hydrogen-bond acceptors (Lipinski definition) is 2. The maximum Gasteiger partial charge on any atom is 0.0628 e. The van der Waals surface area contributed by atoms with E-state index in [1.807, 2.05) is 11.7 Å². The van der Waals surface area contributed by atoms with Crippen molar-refractivity contribution >= 4 is 0 Å². The van der Waals surface area contributed by atoms with Gasteiger partial charge in [0, 0.05) is 18.8 Å².